The lowest BCUT2D eigenvalue weighted by Crippen LogP contribution is -2.11. The molecule has 1 aromatic carbocycles. The first kappa shape index (κ1) is 14.0. The Hall–Kier alpha value is -1.07. The highest BCUT2D eigenvalue weighted by Crippen LogP contribution is 2.27. The van der Waals surface area contributed by atoms with Gasteiger partial charge in [0.1, 0.15) is 5.75 Å². The summed E-state index contributed by atoms with van der Waals surface area (Å²) in [7, 11) is 1.36. The topological polar surface area (TPSA) is 61.5 Å². The van der Waals surface area contributed by atoms with E-state index < -0.39 is 0 Å². The van der Waals surface area contributed by atoms with Crippen LogP contribution >= 0.6 is 15.9 Å². The van der Waals surface area contributed by atoms with E-state index in [1.807, 2.05) is 25.1 Å². The summed E-state index contributed by atoms with van der Waals surface area (Å²) in [5.74, 6) is 0.413. The van der Waals surface area contributed by atoms with E-state index in [-0.39, 0.29) is 25.0 Å². The highest BCUT2D eigenvalue weighted by atomic mass is 79.9. The predicted molar refractivity (Wildman–Crippen MR) is 68.9 cm³/mol. The van der Waals surface area contributed by atoms with Crippen LogP contribution < -0.4 is 10.5 Å². The summed E-state index contributed by atoms with van der Waals surface area (Å²) in [5, 5.41) is 0. The number of methoxy groups -OCH3 is 1. The molecule has 1 aromatic rings. The molecule has 0 heterocycles. The van der Waals surface area contributed by atoms with Crippen LogP contribution in [0, 0.1) is 0 Å². The average Bonchev–Trinajstić information content (AvgIpc) is 2.30. The van der Waals surface area contributed by atoms with Crippen molar-refractivity contribution in [2.75, 3.05) is 13.7 Å². The molecule has 0 aliphatic rings. The monoisotopic (exact) mass is 301 g/mol. The van der Waals surface area contributed by atoms with Crippen molar-refractivity contribution < 1.29 is 14.3 Å². The van der Waals surface area contributed by atoms with Crippen LogP contribution in [0.1, 0.15) is 24.9 Å². The predicted octanol–water partition coefficient (Wildman–Crippen LogP) is 2.41. The normalized spacial score (nSPS) is 12.0. The Kier molecular flexibility index (Phi) is 5.44. The number of benzene rings is 1. The summed E-state index contributed by atoms with van der Waals surface area (Å²) in [4.78, 5) is 10.9. The number of carbonyl (C=O) groups excluding carboxylic acids is 1. The summed E-state index contributed by atoms with van der Waals surface area (Å²) < 4.78 is 11.0. The number of halogens is 1. The van der Waals surface area contributed by atoms with Crippen LogP contribution in [0.25, 0.3) is 0 Å². The molecule has 0 unspecified atom stereocenters. The maximum Gasteiger partial charge on any atom is 0.308 e. The number of hydrogen-bond acceptors (Lipinski definition) is 4. The Labute approximate surface area is 109 Å². The molecule has 0 saturated heterocycles. The minimum absolute atomic E-state index is 0.124. The molecule has 94 valence electrons. The standard InChI is InChI=1S/C12H16BrNO3/c1-8(14)10-7-9(13)3-4-11(10)17-6-5-12(15)16-2/h3-4,7-8H,5-6,14H2,1-2H3/t8-/m1/s1. The molecule has 1 atom stereocenters. The zero-order valence-corrected chi connectivity index (χ0v) is 11.5. The molecule has 5 heteroatoms. The first-order valence-electron chi connectivity index (χ1n) is 5.29. The molecule has 0 bridgehead atoms. The molecule has 2 N–H and O–H groups in total. The summed E-state index contributed by atoms with van der Waals surface area (Å²) >= 11 is 3.38. The van der Waals surface area contributed by atoms with Gasteiger partial charge in [0.05, 0.1) is 20.1 Å². The molecule has 17 heavy (non-hydrogen) atoms. The Morgan fingerprint density at radius 3 is 2.82 bits per heavy atom. The Morgan fingerprint density at radius 1 is 1.53 bits per heavy atom. The van der Waals surface area contributed by atoms with Gasteiger partial charge in [-0.3, -0.25) is 4.79 Å². The lowest BCUT2D eigenvalue weighted by Gasteiger charge is -2.14. The molecule has 0 radical (unpaired) electrons. The van der Waals surface area contributed by atoms with E-state index in [1.54, 1.807) is 0 Å². The van der Waals surface area contributed by atoms with E-state index in [2.05, 4.69) is 20.7 Å². The van der Waals surface area contributed by atoms with Gasteiger partial charge in [0.2, 0.25) is 0 Å². The number of esters is 1. The van der Waals surface area contributed by atoms with Gasteiger partial charge in [0.25, 0.3) is 0 Å². The molecule has 1 rings (SSSR count). The third-order valence-electron chi connectivity index (χ3n) is 2.25. The van der Waals surface area contributed by atoms with Crippen LogP contribution in [0.5, 0.6) is 5.75 Å². The number of hydrogen-bond donors (Lipinski definition) is 1. The van der Waals surface area contributed by atoms with Gasteiger partial charge in [0.15, 0.2) is 0 Å². The number of carbonyl (C=O) groups is 1. The van der Waals surface area contributed by atoms with Crippen molar-refractivity contribution in [3.8, 4) is 5.75 Å². The summed E-state index contributed by atoms with van der Waals surface area (Å²) in [6.45, 7) is 2.17. The van der Waals surface area contributed by atoms with Crippen molar-refractivity contribution in [1.29, 1.82) is 0 Å². The number of nitrogens with two attached hydrogens (primary N) is 1. The van der Waals surface area contributed by atoms with Crippen molar-refractivity contribution in [3.05, 3.63) is 28.2 Å². The third-order valence-corrected chi connectivity index (χ3v) is 2.75. The van der Waals surface area contributed by atoms with E-state index in [4.69, 9.17) is 10.5 Å². The molecule has 4 nitrogen and oxygen atoms in total. The van der Waals surface area contributed by atoms with E-state index in [1.165, 1.54) is 7.11 Å². The maximum absolute atomic E-state index is 10.9. The minimum Gasteiger partial charge on any atom is -0.493 e. The quantitative estimate of drug-likeness (QED) is 0.849. The lowest BCUT2D eigenvalue weighted by atomic mass is 10.1. The van der Waals surface area contributed by atoms with Gasteiger partial charge in [-0.25, -0.2) is 0 Å². The summed E-state index contributed by atoms with van der Waals surface area (Å²) in [6, 6.07) is 5.50. The van der Waals surface area contributed by atoms with Crippen molar-refractivity contribution in [1.82, 2.24) is 0 Å². The van der Waals surface area contributed by atoms with Crippen molar-refractivity contribution in [2.24, 2.45) is 5.73 Å². The molecule has 0 fully saturated rings. The first-order valence-corrected chi connectivity index (χ1v) is 6.08. The molecule has 0 aromatic heterocycles. The van der Waals surface area contributed by atoms with Crippen molar-refractivity contribution in [2.45, 2.75) is 19.4 Å². The van der Waals surface area contributed by atoms with E-state index in [9.17, 15) is 4.79 Å². The molecule has 0 spiro atoms. The number of rotatable bonds is 5. The van der Waals surface area contributed by atoms with Gasteiger partial charge < -0.3 is 15.2 Å². The lowest BCUT2D eigenvalue weighted by molar-refractivity contribution is -0.141. The van der Waals surface area contributed by atoms with Gasteiger partial charge >= 0.3 is 5.97 Å². The van der Waals surface area contributed by atoms with Crippen molar-refractivity contribution in [3.63, 3.8) is 0 Å². The van der Waals surface area contributed by atoms with Crippen LogP contribution in [0.15, 0.2) is 22.7 Å². The van der Waals surface area contributed by atoms with Crippen LogP contribution in [0.4, 0.5) is 0 Å². The average molecular weight is 302 g/mol. The van der Waals surface area contributed by atoms with Crippen LogP contribution in [0.3, 0.4) is 0 Å². The van der Waals surface area contributed by atoms with Crippen LogP contribution in [0.2, 0.25) is 0 Å². The molecule has 0 amide bonds. The Bertz CT molecular complexity index is 393. The fourth-order valence-electron chi connectivity index (χ4n) is 1.35. The smallest absolute Gasteiger partial charge is 0.308 e. The van der Waals surface area contributed by atoms with Crippen LogP contribution in [-0.4, -0.2) is 19.7 Å². The molecule has 0 saturated carbocycles. The number of ether oxygens (including phenoxy) is 2. The highest BCUT2D eigenvalue weighted by molar-refractivity contribution is 9.10. The van der Waals surface area contributed by atoms with E-state index in [0.717, 1.165) is 10.0 Å². The van der Waals surface area contributed by atoms with Crippen molar-refractivity contribution >= 4 is 21.9 Å². The second kappa shape index (κ2) is 6.61. The molecule has 0 aliphatic carbocycles. The second-order valence-electron chi connectivity index (χ2n) is 3.65. The van der Waals surface area contributed by atoms with Gasteiger partial charge in [-0.05, 0) is 25.1 Å². The summed E-state index contributed by atoms with van der Waals surface area (Å²) in [5.41, 5.74) is 6.76. The van der Waals surface area contributed by atoms with E-state index >= 15 is 0 Å². The van der Waals surface area contributed by atoms with Gasteiger partial charge in [-0.2, -0.15) is 0 Å². The SMILES string of the molecule is COC(=O)CCOc1ccc(Br)cc1[C@@H](C)N. The van der Waals surface area contributed by atoms with Gasteiger partial charge in [-0.1, -0.05) is 15.9 Å². The van der Waals surface area contributed by atoms with Crippen LogP contribution in [-0.2, 0) is 9.53 Å². The zero-order chi connectivity index (χ0) is 12.8. The summed E-state index contributed by atoms with van der Waals surface area (Å²) in [6.07, 6.45) is 0.227. The minimum atomic E-state index is -0.288. The highest BCUT2D eigenvalue weighted by Gasteiger charge is 2.09. The largest absolute Gasteiger partial charge is 0.493 e. The van der Waals surface area contributed by atoms with E-state index in [0.29, 0.717) is 5.75 Å². The van der Waals surface area contributed by atoms with Gasteiger partial charge in [-0.15, -0.1) is 0 Å². The zero-order valence-electron chi connectivity index (χ0n) is 9.90. The Balaban J connectivity index is 2.67. The fourth-order valence-corrected chi connectivity index (χ4v) is 1.73. The molecular formula is C12H16BrNO3. The second-order valence-corrected chi connectivity index (χ2v) is 4.56. The fraction of sp³-hybridized carbons (Fsp3) is 0.417. The maximum atomic E-state index is 10.9. The first-order chi connectivity index (χ1) is 8.04. The molecule has 0 aliphatic heterocycles. The third kappa shape index (κ3) is 4.36. The molecular weight excluding hydrogens is 286 g/mol. The Morgan fingerprint density at radius 2 is 2.24 bits per heavy atom. The van der Waals surface area contributed by atoms with Gasteiger partial charge in [0, 0.05) is 16.1 Å².